The van der Waals surface area contributed by atoms with E-state index in [-0.39, 0.29) is 6.04 Å². The van der Waals surface area contributed by atoms with Crippen LogP contribution in [0.4, 0.5) is 0 Å². The number of hydrogen-bond donors (Lipinski definition) is 1. The summed E-state index contributed by atoms with van der Waals surface area (Å²) < 4.78 is 32.1. The third kappa shape index (κ3) is 6.46. The summed E-state index contributed by atoms with van der Waals surface area (Å²) in [6.45, 7) is 6.60. The first-order chi connectivity index (χ1) is 13.3. The van der Waals surface area contributed by atoms with Gasteiger partial charge in [0.25, 0.3) is 0 Å². The third-order valence-electron chi connectivity index (χ3n) is 4.97. The van der Waals surface area contributed by atoms with Gasteiger partial charge in [0.15, 0.2) is 5.96 Å². The summed E-state index contributed by atoms with van der Waals surface area (Å²) in [5.74, 6) is 1.56. The molecule has 1 aromatic rings. The Morgan fingerprint density at radius 1 is 1.25 bits per heavy atom. The van der Waals surface area contributed by atoms with Gasteiger partial charge >= 0.3 is 0 Å². The topological polar surface area (TPSA) is 74.2 Å². The molecule has 0 amide bonds. The van der Waals surface area contributed by atoms with Crippen LogP contribution in [0.5, 0.6) is 0 Å². The molecular formula is C20H34N4O3S. The SMILES string of the molecule is CN=C(NCc1ccc(S(=O)(=O)N(C)C(C)C)cc1)N(C)CCOCC1CC1. The summed E-state index contributed by atoms with van der Waals surface area (Å²) in [5.41, 5.74) is 0.991. The predicted molar refractivity (Wildman–Crippen MR) is 113 cm³/mol. The molecule has 0 radical (unpaired) electrons. The van der Waals surface area contributed by atoms with Gasteiger partial charge in [-0.3, -0.25) is 4.99 Å². The number of nitrogens with one attached hydrogen (secondary N) is 1. The van der Waals surface area contributed by atoms with Crippen molar-refractivity contribution in [3.8, 4) is 0 Å². The Kier molecular flexibility index (Phi) is 8.27. The second-order valence-electron chi connectivity index (χ2n) is 7.60. The van der Waals surface area contributed by atoms with Crippen molar-refractivity contribution in [2.75, 3.05) is 40.9 Å². The molecule has 1 fully saturated rings. The lowest BCUT2D eigenvalue weighted by atomic mass is 10.2. The maximum Gasteiger partial charge on any atom is 0.243 e. The average Bonchev–Trinajstić information content (AvgIpc) is 3.49. The molecule has 0 aliphatic heterocycles. The van der Waals surface area contributed by atoms with Gasteiger partial charge in [-0.2, -0.15) is 4.31 Å². The third-order valence-corrected chi connectivity index (χ3v) is 7.02. The molecule has 0 unspecified atom stereocenters. The minimum atomic E-state index is -3.45. The molecule has 1 aliphatic rings. The fourth-order valence-corrected chi connectivity index (χ4v) is 4.00. The van der Waals surface area contributed by atoms with E-state index in [4.69, 9.17) is 4.74 Å². The number of aliphatic imine (C=N–C) groups is 1. The van der Waals surface area contributed by atoms with E-state index in [1.54, 1.807) is 26.2 Å². The van der Waals surface area contributed by atoms with Crippen LogP contribution in [0.2, 0.25) is 0 Å². The lowest BCUT2D eigenvalue weighted by Gasteiger charge is -2.22. The number of hydrogen-bond acceptors (Lipinski definition) is 4. The highest BCUT2D eigenvalue weighted by Crippen LogP contribution is 2.28. The van der Waals surface area contributed by atoms with Crippen molar-refractivity contribution in [1.82, 2.24) is 14.5 Å². The van der Waals surface area contributed by atoms with E-state index in [0.717, 1.165) is 30.6 Å². The first-order valence-electron chi connectivity index (χ1n) is 9.82. The smallest absolute Gasteiger partial charge is 0.243 e. The van der Waals surface area contributed by atoms with Crippen molar-refractivity contribution in [3.05, 3.63) is 29.8 Å². The minimum absolute atomic E-state index is 0.0848. The Balaban J connectivity index is 1.85. The Bertz CT molecular complexity index is 743. The van der Waals surface area contributed by atoms with Crippen molar-refractivity contribution >= 4 is 16.0 Å². The molecule has 0 bridgehead atoms. The van der Waals surface area contributed by atoms with Crippen LogP contribution in [-0.4, -0.2) is 70.5 Å². The largest absolute Gasteiger partial charge is 0.379 e. The molecule has 0 heterocycles. The van der Waals surface area contributed by atoms with E-state index in [1.165, 1.54) is 17.1 Å². The zero-order valence-corrected chi connectivity index (χ0v) is 18.5. The lowest BCUT2D eigenvalue weighted by molar-refractivity contribution is 0.115. The Morgan fingerprint density at radius 2 is 1.89 bits per heavy atom. The van der Waals surface area contributed by atoms with E-state index in [1.807, 2.05) is 37.9 Å². The zero-order valence-electron chi connectivity index (χ0n) is 17.7. The zero-order chi connectivity index (χ0) is 20.7. The van der Waals surface area contributed by atoms with Crippen LogP contribution in [0.25, 0.3) is 0 Å². The second kappa shape index (κ2) is 10.2. The molecule has 0 saturated heterocycles. The fourth-order valence-electron chi connectivity index (χ4n) is 2.63. The minimum Gasteiger partial charge on any atom is -0.379 e. The number of rotatable bonds is 10. The highest BCUT2D eigenvalue weighted by atomic mass is 32.2. The molecule has 7 nitrogen and oxygen atoms in total. The molecule has 0 aromatic heterocycles. The molecule has 0 spiro atoms. The van der Waals surface area contributed by atoms with Crippen molar-refractivity contribution in [1.29, 1.82) is 0 Å². The average molecular weight is 411 g/mol. The van der Waals surface area contributed by atoms with Gasteiger partial charge < -0.3 is 15.0 Å². The van der Waals surface area contributed by atoms with Crippen LogP contribution < -0.4 is 5.32 Å². The Labute approximate surface area is 169 Å². The molecule has 1 N–H and O–H groups in total. The van der Waals surface area contributed by atoms with Crippen molar-refractivity contribution in [3.63, 3.8) is 0 Å². The van der Waals surface area contributed by atoms with Gasteiger partial charge in [0.1, 0.15) is 0 Å². The standard InChI is InChI=1S/C20H34N4O3S/c1-16(2)24(5)28(25,26)19-10-8-17(9-11-19)14-22-20(21-3)23(4)12-13-27-15-18-6-7-18/h8-11,16,18H,6-7,12-15H2,1-5H3,(H,21,22). The first kappa shape index (κ1) is 22.6. The molecule has 1 saturated carbocycles. The Hall–Kier alpha value is -1.64. The normalized spacial score (nSPS) is 15.3. The number of sulfonamides is 1. The number of guanidine groups is 1. The fraction of sp³-hybridized carbons (Fsp3) is 0.650. The maximum absolute atomic E-state index is 12.5. The molecule has 28 heavy (non-hydrogen) atoms. The van der Waals surface area contributed by atoms with Crippen molar-refractivity contribution in [2.45, 2.75) is 44.2 Å². The van der Waals surface area contributed by atoms with Gasteiger partial charge in [-0.1, -0.05) is 12.1 Å². The van der Waals surface area contributed by atoms with Gasteiger partial charge in [-0.25, -0.2) is 8.42 Å². The maximum atomic E-state index is 12.5. The summed E-state index contributed by atoms with van der Waals surface area (Å²) in [4.78, 5) is 6.64. The van der Waals surface area contributed by atoms with Gasteiger partial charge in [-0.05, 0) is 50.3 Å². The molecule has 8 heteroatoms. The summed E-state index contributed by atoms with van der Waals surface area (Å²) in [7, 11) is 1.88. The highest BCUT2D eigenvalue weighted by molar-refractivity contribution is 7.89. The molecule has 2 rings (SSSR count). The molecule has 1 aliphatic carbocycles. The quantitative estimate of drug-likeness (QED) is 0.363. The van der Waals surface area contributed by atoms with Crippen LogP contribution in [0, 0.1) is 5.92 Å². The van der Waals surface area contributed by atoms with Gasteiger partial charge in [0.2, 0.25) is 10.0 Å². The van der Waals surface area contributed by atoms with Crippen LogP contribution >= 0.6 is 0 Å². The number of likely N-dealkylation sites (N-methyl/N-ethyl adjacent to an activating group) is 1. The van der Waals surface area contributed by atoms with E-state index in [0.29, 0.717) is 18.0 Å². The van der Waals surface area contributed by atoms with E-state index in [9.17, 15) is 8.42 Å². The Morgan fingerprint density at radius 3 is 2.43 bits per heavy atom. The van der Waals surface area contributed by atoms with Crippen molar-refractivity contribution in [2.24, 2.45) is 10.9 Å². The summed E-state index contributed by atoms with van der Waals surface area (Å²) in [5, 5.41) is 3.31. The first-order valence-corrected chi connectivity index (χ1v) is 11.3. The molecule has 158 valence electrons. The van der Waals surface area contributed by atoms with Crippen LogP contribution in [0.3, 0.4) is 0 Å². The predicted octanol–water partition coefficient (Wildman–Crippen LogP) is 2.15. The molecule has 1 aromatic carbocycles. The summed E-state index contributed by atoms with van der Waals surface area (Å²) in [6, 6.07) is 6.89. The monoisotopic (exact) mass is 410 g/mol. The highest BCUT2D eigenvalue weighted by Gasteiger charge is 2.23. The molecule has 0 atom stereocenters. The number of nitrogens with zero attached hydrogens (tertiary/aromatic N) is 3. The van der Waals surface area contributed by atoms with Gasteiger partial charge in [0.05, 0.1) is 11.5 Å². The lowest BCUT2D eigenvalue weighted by Crippen LogP contribution is -2.40. The molecular weight excluding hydrogens is 376 g/mol. The summed E-state index contributed by atoms with van der Waals surface area (Å²) in [6.07, 6.45) is 2.60. The van der Waals surface area contributed by atoms with E-state index in [2.05, 4.69) is 10.3 Å². The van der Waals surface area contributed by atoms with Gasteiger partial charge in [0, 0.05) is 46.9 Å². The van der Waals surface area contributed by atoms with Crippen LogP contribution in [0.1, 0.15) is 32.3 Å². The van der Waals surface area contributed by atoms with Gasteiger partial charge in [-0.15, -0.1) is 0 Å². The summed E-state index contributed by atoms with van der Waals surface area (Å²) >= 11 is 0. The van der Waals surface area contributed by atoms with E-state index < -0.39 is 10.0 Å². The van der Waals surface area contributed by atoms with E-state index >= 15 is 0 Å². The van der Waals surface area contributed by atoms with Crippen LogP contribution in [-0.2, 0) is 21.3 Å². The van der Waals surface area contributed by atoms with Crippen LogP contribution in [0.15, 0.2) is 34.2 Å². The second-order valence-corrected chi connectivity index (χ2v) is 9.60. The number of ether oxygens (including phenoxy) is 1. The van der Waals surface area contributed by atoms with Crippen molar-refractivity contribution < 1.29 is 13.2 Å². The number of benzene rings is 1.